The van der Waals surface area contributed by atoms with Crippen LogP contribution in [0.2, 0.25) is 0 Å². The summed E-state index contributed by atoms with van der Waals surface area (Å²) in [5.41, 5.74) is 8.28. The number of allylic oxidation sites excluding steroid dienone is 2. The molecular weight excluding hydrogens is 360 g/mol. The van der Waals surface area contributed by atoms with E-state index < -0.39 is 11.9 Å². The van der Waals surface area contributed by atoms with E-state index in [0.717, 1.165) is 16.0 Å². The fraction of sp³-hybridized carbons (Fsp3) is 0.238. The quantitative estimate of drug-likeness (QED) is 0.796. The maximum absolute atomic E-state index is 12.6. The number of nitriles is 1. The SMILES string of the molecule is CCOC(=O)C1=C(C)OC(N)=C(C#N)C1c1cccc(-c2ccc(C)s2)c1. The minimum absolute atomic E-state index is 0.0189. The highest BCUT2D eigenvalue weighted by atomic mass is 32.1. The van der Waals surface area contributed by atoms with Gasteiger partial charge in [-0.2, -0.15) is 5.26 Å². The van der Waals surface area contributed by atoms with Gasteiger partial charge < -0.3 is 15.2 Å². The lowest BCUT2D eigenvalue weighted by molar-refractivity contribution is -0.139. The number of carbonyl (C=O) groups is 1. The van der Waals surface area contributed by atoms with Gasteiger partial charge in [-0.25, -0.2) is 4.79 Å². The maximum Gasteiger partial charge on any atom is 0.338 e. The van der Waals surface area contributed by atoms with Crippen LogP contribution >= 0.6 is 11.3 Å². The summed E-state index contributed by atoms with van der Waals surface area (Å²) in [6.07, 6.45) is 0. The number of aryl methyl sites for hydroxylation is 1. The normalized spacial score (nSPS) is 16.7. The lowest BCUT2D eigenvalue weighted by atomic mass is 9.82. The van der Waals surface area contributed by atoms with Crippen LogP contribution in [0, 0.1) is 18.3 Å². The van der Waals surface area contributed by atoms with Crippen molar-refractivity contribution in [3.8, 4) is 16.5 Å². The molecule has 0 spiro atoms. The van der Waals surface area contributed by atoms with Crippen LogP contribution in [0.4, 0.5) is 0 Å². The van der Waals surface area contributed by atoms with Crippen molar-refractivity contribution >= 4 is 17.3 Å². The summed E-state index contributed by atoms with van der Waals surface area (Å²) >= 11 is 1.69. The number of thiophene rings is 1. The highest BCUT2D eigenvalue weighted by molar-refractivity contribution is 7.15. The molecule has 0 fully saturated rings. The maximum atomic E-state index is 12.6. The van der Waals surface area contributed by atoms with Crippen LogP contribution in [0.1, 0.15) is 30.2 Å². The number of nitrogens with two attached hydrogens (primary N) is 1. The minimum Gasteiger partial charge on any atom is -0.463 e. The zero-order valence-corrected chi connectivity index (χ0v) is 16.2. The number of esters is 1. The third kappa shape index (κ3) is 3.60. The number of rotatable bonds is 4. The van der Waals surface area contributed by atoms with E-state index >= 15 is 0 Å². The fourth-order valence-electron chi connectivity index (χ4n) is 3.15. The average Bonchev–Trinajstić information content (AvgIpc) is 3.08. The molecule has 1 atom stereocenters. The second-order valence-electron chi connectivity index (χ2n) is 6.15. The summed E-state index contributed by atoms with van der Waals surface area (Å²) in [6, 6.07) is 14.0. The van der Waals surface area contributed by atoms with Crippen molar-refractivity contribution in [3.05, 3.63) is 69.6 Å². The fourth-order valence-corrected chi connectivity index (χ4v) is 4.01. The first-order valence-corrected chi connectivity index (χ1v) is 9.40. The summed E-state index contributed by atoms with van der Waals surface area (Å²) in [4.78, 5) is 14.9. The van der Waals surface area contributed by atoms with Crippen LogP contribution in [0.25, 0.3) is 10.4 Å². The summed E-state index contributed by atoms with van der Waals surface area (Å²) in [7, 11) is 0. The lowest BCUT2D eigenvalue weighted by Gasteiger charge is -2.27. The van der Waals surface area contributed by atoms with E-state index in [1.807, 2.05) is 24.3 Å². The molecule has 0 saturated carbocycles. The Morgan fingerprint density at radius 2 is 2.11 bits per heavy atom. The first-order chi connectivity index (χ1) is 13.0. The Kier molecular flexibility index (Phi) is 5.33. The molecule has 1 aliphatic rings. The van der Waals surface area contributed by atoms with Gasteiger partial charge in [-0.1, -0.05) is 18.2 Å². The number of benzene rings is 1. The molecule has 6 heteroatoms. The van der Waals surface area contributed by atoms with Crippen LogP contribution in [-0.4, -0.2) is 12.6 Å². The molecule has 2 heterocycles. The van der Waals surface area contributed by atoms with Gasteiger partial charge >= 0.3 is 5.97 Å². The molecule has 0 saturated heterocycles. The van der Waals surface area contributed by atoms with Gasteiger partial charge in [0.1, 0.15) is 17.4 Å². The van der Waals surface area contributed by atoms with E-state index in [2.05, 4.69) is 25.1 Å². The van der Waals surface area contributed by atoms with Gasteiger partial charge in [0, 0.05) is 9.75 Å². The van der Waals surface area contributed by atoms with Crippen LogP contribution in [0.5, 0.6) is 0 Å². The van der Waals surface area contributed by atoms with Crippen LogP contribution in [0.3, 0.4) is 0 Å². The standard InChI is InChI=1S/C21H20N2O3S/c1-4-25-21(24)18-13(3)26-20(23)16(11-22)19(18)15-7-5-6-14(10-15)17-9-8-12(2)27-17/h5-10,19H,4,23H2,1-3H3. The van der Waals surface area contributed by atoms with Gasteiger partial charge in [0.25, 0.3) is 0 Å². The van der Waals surface area contributed by atoms with E-state index in [0.29, 0.717) is 11.3 Å². The summed E-state index contributed by atoms with van der Waals surface area (Å²) in [5, 5.41) is 9.66. The Bertz CT molecular complexity index is 995. The molecule has 0 amide bonds. The van der Waals surface area contributed by atoms with Crippen LogP contribution in [-0.2, 0) is 14.3 Å². The molecule has 2 aromatic rings. The zero-order chi connectivity index (χ0) is 19.6. The van der Waals surface area contributed by atoms with E-state index in [1.165, 1.54) is 4.88 Å². The van der Waals surface area contributed by atoms with Crippen molar-refractivity contribution < 1.29 is 14.3 Å². The molecule has 2 N–H and O–H groups in total. The van der Waals surface area contributed by atoms with E-state index in [-0.39, 0.29) is 18.1 Å². The van der Waals surface area contributed by atoms with Gasteiger partial charge in [0.05, 0.1) is 18.1 Å². The van der Waals surface area contributed by atoms with Gasteiger partial charge in [0.15, 0.2) is 0 Å². The second kappa shape index (κ2) is 7.68. The smallest absolute Gasteiger partial charge is 0.338 e. The molecule has 0 bridgehead atoms. The predicted molar refractivity (Wildman–Crippen MR) is 104 cm³/mol. The molecule has 1 aromatic carbocycles. The number of carbonyl (C=O) groups excluding carboxylic acids is 1. The van der Waals surface area contributed by atoms with Crippen molar-refractivity contribution in [1.82, 2.24) is 0 Å². The first-order valence-electron chi connectivity index (χ1n) is 8.58. The van der Waals surface area contributed by atoms with E-state index in [9.17, 15) is 10.1 Å². The molecular formula is C21H20N2O3S. The molecule has 27 heavy (non-hydrogen) atoms. The topological polar surface area (TPSA) is 85.3 Å². The molecule has 5 nitrogen and oxygen atoms in total. The first kappa shape index (κ1) is 18.7. The second-order valence-corrected chi connectivity index (χ2v) is 7.44. The predicted octanol–water partition coefficient (Wildman–Crippen LogP) is 4.37. The average molecular weight is 380 g/mol. The molecule has 3 rings (SSSR count). The van der Waals surface area contributed by atoms with Gasteiger partial charge in [-0.15, -0.1) is 11.3 Å². The highest BCUT2D eigenvalue weighted by Gasteiger charge is 2.36. The third-order valence-electron chi connectivity index (χ3n) is 4.35. The lowest BCUT2D eigenvalue weighted by Crippen LogP contribution is -2.25. The van der Waals surface area contributed by atoms with Gasteiger partial charge in [-0.05, 0) is 50.1 Å². The van der Waals surface area contributed by atoms with Crippen LogP contribution in [0.15, 0.2) is 59.2 Å². The van der Waals surface area contributed by atoms with Gasteiger partial charge in [0.2, 0.25) is 5.88 Å². The van der Waals surface area contributed by atoms with Gasteiger partial charge in [-0.3, -0.25) is 0 Å². The van der Waals surface area contributed by atoms with E-state index in [4.69, 9.17) is 15.2 Å². The largest absolute Gasteiger partial charge is 0.463 e. The Morgan fingerprint density at radius 1 is 1.33 bits per heavy atom. The number of nitrogens with zero attached hydrogens (tertiary/aromatic N) is 1. The van der Waals surface area contributed by atoms with Crippen molar-refractivity contribution in [2.75, 3.05) is 6.61 Å². The Hall–Kier alpha value is -3.04. The minimum atomic E-state index is -0.621. The molecule has 1 aromatic heterocycles. The van der Waals surface area contributed by atoms with Crippen molar-refractivity contribution in [1.29, 1.82) is 5.26 Å². The summed E-state index contributed by atoms with van der Waals surface area (Å²) < 4.78 is 10.7. The molecule has 1 unspecified atom stereocenters. The van der Waals surface area contributed by atoms with Crippen molar-refractivity contribution in [2.24, 2.45) is 5.73 Å². The molecule has 0 radical (unpaired) electrons. The number of hydrogen-bond acceptors (Lipinski definition) is 6. The Balaban J connectivity index is 2.14. The Morgan fingerprint density at radius 3 is 2.74 bits per heavy atom. The summed E-state index contributed by atoms with van der Waals surface area (Å²) in [5.74, 6) is -0.751. The molecule has 1 aliphatic heterocycles. The van der Waals surface area contributed by atoms with Crippen molar-refractivity contribution in [2.45, 2.75) is 26.7 Å². The number of ether oxygens (including phenoxy) is 2. The van der Waals surface area contributed by atoms with Crippen LogP contribution < -0.4 is 5.73 Å². The third-order valence-corrected chi connectivity index (χ3v) is 5.40. The summed E-state index contributed by atoms with van der Waals surface area (Å²) in [6.45, 7) is 5.69. The zero-order valence-electron chi connectivity index (χ0n) is 15.4. The monoisotopic (exact) mass is 380 g/mol. The molecule has 0 aliphatic carbocycles. The van der Waals surface area contributed by atoms with Crippen molar-refractivity contribution in [3.63, 3.8) is 0 Å². The molecule has 138 valence electrons. The number of hydrogen-bond donors (Lipinski definition) is 1. The van der Waals surface area contributed by atoms with E-state index in [1.54, 1.807) is 25.2 Å². The Labute approximate surface area is 162 Å². The highest BCUT2D eigenvalue weighted by Crippen LogP contribution is 2.41.